The average molecular weight is 137 g/mol. The lowest BCUT2D eigenvalue weighted by Crippen LogP contribution is -2.10. The maximum atomic E-state index is 10.6. The molecule has 0 bridgehead atoms. The number of aromatic nitrogens is 2. The minimum atomic E-state index is -0.262. The van der Waals surface area contributed by atoms with E-state index in [4.69, 9.17) is 0 Å². The molecule has 2 heterocycles. The normalized spacial score (nSPS) is 14.4. The van der Waals surface area contributed by atoms with Crippen LogP contribution in [0.5, 0.6) is 0 Å². The van der Waals surface area contributed by atoms with Crippen molar-refractivity contribution in [2.24, 2.45) is 0 Å². The molecule has 0 amide bonds. The molecule has 4 heteroatoms. The first-order valence-electron chi connectivity index (χ1n) is 3.18. The second-order valence-electron chi connectivity index (χ2n) is 2.26. The first kappa shape index (κ1) is 5.46. The first-order chi connectivity index (χ1) is 4.86. The van der Waals surface area contributed by atoms with E-state index in [0.29, 0.717) is 0 Å². The van der Waals surface area contributed by atoms with Crippen molar-refractivity contribution in [1.82, 2.24) is 9.97 Å². The van der Waals surface area contributed by atoms with E-state index in [-0.39, 0.29) is 5.69 Å². The smallest absolute Gasteiger partial charge is 0.345 e. The van der Waals surface area contributed by atoms with Gasteiger partial charge in [-0.1, -0.05) is 0 Å². The lowest BCUT2D eigenvalue weighted by molar-refractivity contribution is 0.985. The van der Waals surface area contributed by atoms with Gasteiger partial charge in [-0.2, -0.15) is 4.98 Å². The number of hydrogen-bond acceptors (Lipinski definition) is 3. The first-order valence-corrected chi connectivity index (χ1v) is 3.18. The highest BCUT2D eigenvalue weighted by molar-refractivity contribution is 5.49. The summed E-state index contributed by atoms with van der Waals surface area (Å²) in [5.41, 5.74) is 1.67. The van der Waals surface area contributed by atoms with E-state index in [1.807, 2.05) is 0 Å². The molecule has 0 fully saturated rings. The van der Waals surface area contributed by atoms with Gasteiger partial charge in [0.1, 0.15) is 0 Å². The van der Waals surface area contributed by atoms with Crippen LogP contribution >= 0.6 is 0 Å². The predicted octanol–water partition coefficient (Wildman–Crippen LogP) is -0.262. The molecule has 1 aliphatic rings. The van der Waals surface area contributed by atoms with E-state index >= 15 is 0 Å². The molecular weight excluding hydrogens is 130 g/mol. The Hall–Kier alpha value is -1.32. The average Bonchev–Trinajstić information content (AvgIpc) is 2.33. The summed E-state index contributed by atoms with van der Waals surface area (Å²) < 4.78 is 0. The number of anilines is 1. The highest BCUT2D eigenvalue weighted by atomic mass is 16.1. The minimum absolute atomic E-state index is 0.262. The quantitative estimate of drug-likeness (QED) is 0.518. The van der Waals surface area contributed by atoms with Crippen LogP contribution in [-0.4, -0.2) is 16.5 Å². The Bertz CT molecular complexity index is 304. The topological polar surface area (TPSA) is 57.8 Å². The van der Waals surface area contributed by atoms with Crippen molar-refractivity contribution in [3.63, 3.8) is 0 Å². The van der Waals surface area contributed by atoms with Crippen molar-refractivity contribution in [2.45, 2.75) is 6.42 Å². The van der Waals surface area contributed by atoms with Gasteiger partial charge in [0.05, 0.1) is 11.9 Å². The van der Waals surface area contributed by atoms with Crippen LogP contribution in [0.3, 0.4) is 0 Å². The highest BCUT2D eigenvalue weighted by Gasteiger charge is 2.09. The van der Waals surface area contributed by atoms with Crippen molar-refractivity contribution in [2.75, 3.05) is 11.9 Å². The van der Waals surface area contributed by atoms with Crippen LogP contribution in [0.2, 0.25) is 0 Å². The Labute approximate surface area is 57.3 Å². The fourth-order valence-electron chi connectivity index (χ4n) is 1.10. The molecule has 1 aromatic heterocycles. The fourth-order valence-corrected chi connectivity index (χ4v) is 1.10. The third kappa shape index (κ3) is 0.689. The molecule has 0 saturated carbocycles. The van der Waals surface area contributed by atoms with Crippen LogP contribution in [0.1, 0.15) is 5.69 Å². The minimum Gasteiger partial charge on any atom is -0.382 e. The molecule has 0 saturated heterocycles. The van der Waals surface area contributed by atoms with Gasteiger partial charge in [0, 0.05) is 18.7 Å². The van der Waals surface area contributed by atoms with Crippen molar-refractivity contribution in [3.05, 3.63) is 22.4 Å². The van der Waals surface area contributed by atoms with E-state index in [1.54, 1.807) is 6.20 Å². The van der Waals surface area contributed by atoms with Gasteiger partial charge in [0.2, 0.25) is 0 Å². The third-order valence-corrected chi connectivity index (χ3v) is 1.58. The number of nitrogens with one attached hydrogen (secondary N) is 2. The zero-order valence-corrected chi connectivity index (χ0v) is 5.35. The molecule has 0 atom stereocenters. The number of rotatable bonds is 0. The molecule has 2 N–H and O–H groups in total. The van der Waals surface area contributed by atoms with E-state index in [9.17, 15) is 4.79 Å². The molecular formula is C6H7N3O. The molecule has 4 nitrogen and oxygen atoms in total. The molecule has 52 valence electrons. The summed E-state index contributed by atoms with van der Waals surface area (Å²) in [6.45, 7) is 0.900. The number of nitrogens with zero attached hydrogens (tertiary/aromatic N) is 1. The molecule has 0 spiro atoms. The molecule has 2 rings (SSSR count). The second-order valence-corrected chi connectivity index (χ2v) is 2.26. The summed E-state index contributed by atoms with van der Waals surface area (Å²) in [5, 5.41) is 3.09. The molecule has 0 radical (unpaired) electrons. The number of hydrogen-bond donors (Lipinski definition) is 2. The SMILES string of the molecule is O=c1ncc2c([nH]1)CCN2. The van der Waals surface area contributed by atoms with Gasteiger partial charge < -0.3 is 10.3 Å². The standard InChI is InChI=1S/C6H7N3O/c10-6-8-3-5-4(9-6)1-2-7-5/h3,7H,1-2H2,(H,8,9,10). The van der Waals surface area contributed by atoms with Gasteiger partial charge in [0.15, 0.2) is 0 Å². The molecule has 1 aliphatic heterocycles. The summed E-state index contributed by atoms with van der Waals surface area (Å²) in [6.07, 6.45) is 2.47. The molecule has 10 heavy (non-hydrogen) atoms. The van der Waals surface area contributed by atoms with Crippen molar-refractivity contribution in [1.29, 1.82) is 0 Å². The van der Waals surface area contributed by atoms with Gasteiger partial charge in [-0.05, 0) is 0 Å². The Morgan fingerprint density at radius 2 is 2.50 bits per heavy atom. The number of H-pyrrole nitrogens is 1. The summed E-state index contributed by atoms with van der Waals surface area (Å²) >= 11 is 0. The van der Waals surface area contributed by atoms with Crippen LogP contribution in [-0.2, 0) is 6.42 Å². The predicted molar refractivity (Wildman–Crippen MR) is 37.1 cm³/mol. The van der Waals surface area contributed by atoms with Gasteiger partial charge in [-0.15, -0.1) is 0 Å². The third-order valence-electron chi connectivity index (χ3n) is 1.58. The van der Waals surface area contributed by atoms with Crippen LogP contribution in [0.15, 0.2) is 11.0 Å². The zero-order chi connectivity index (χ0) is 6.97. The van der Waals surface area contributed by atoms with Crippen molar-refractivity contribution < 1.29 is 0 Å². The zero-order valence-electron chi connectivity index (χ0n) is 5.35. The number of fused-ring (bicyclic) bond motifs is 1. The van der Waals surface area contributed by atoms with Crippen molar-refractivity contribution >= 4 is 5.69 Å². The van der Waals surface area contributed by atoms with Crippen LogP contribution in [0, 0.1) is 0 Å². The summed E-state index contributed by atoms with van der Waals surface area (Å²) in [7, 11) is 0. The van der Waals surface area contributed by atoms with Crippen LogP contribution in [0.25, 0.3) is 0 Å². The monoisotopic (exact) mass is 137 g/mol. The lowest BCUT2D eigenvalue weighted by Gasteiger charge is -1.93. The number of aromatic amines is 1. The maximum absolute atomic E-state index is 10.6. The lowest BCUT2D eigenvalue weighted by atomic mass is 10.3. The van der Waals surface area contributed by atoms with Gasteiger partial charge in [-0.25, -0.2) is 4.79 Å². The van der Waals surface area contributed by atoms with Crippen molar-refractivity contribution in [3.8, 4) is 0 Å². The summed E-state index contributed by atoms with van der Waals surface area (Å²) in [4.78, 5) is 16.9. The largest absolute Gasteiger partial charge is 0.382 e. The summed E-state index contributed by atoms with van der Waals surface area (Å²) in [5.74, 6) is 0. The van der Waals surface area contributed by atoms with E-state index in [1.165, 1.54) is 0 Å². The second kappa shape index (κ2) is 1.83. The van der Waals surface area contributed by atoms with Gasteiger partial charge >= 0.3 is 5.69 Å². The Morgan fingerprint density at radius 3 is 3.40 bits per heavy atom. The fraction of sp³-hybridized carbons (Fsp3) is 0.333. The highest BCUT2D eigenvalue weighted by Crippen LogP contribution is 2.14. The Morgan fingerprint density at radius 1 is 1.60 bits per heavy atom. The molecule has 1 aromatic rings. The Balaban J connectivity index is 2.63. The molecule has 0 aromatic carbocycles. The summed E-state index contributed by atoms with van der Waals surface area (Å²) in [6, 6.07) is 0. The van der Waals surface area contributed by atoms with Gasteiger partial charge in [-0.3, -0.25) is 0 Å². The van der Waals surface area contributed by atoms with Crippen LogP contribution in [0.4, 0.5) is 5.69 Å². The van der Waals surface area contributed by atoms with E-state index < -0.39 is 0 Å². The Kier molecular flexibility index (Phi) is 1.00. The van der Waals surface area contributed by atoms with Crippen LogP contribution < -0.4 is 11.0 Å². The molecule has 0 aliphatic carbocycles. The van der Waals surface area contributed by atoms with E-state index in [0.717, 1.165) is 24.3 Å². The maximum Gasteiger partial charge on any atom is 0.345 e. The van der Waals surface area contributed by atoms with E-state index in [2.05, 4.69) is 15.3 Å². The molecule has 0 unspecified atom stereocenters. The van der Waals surface area contributed by atoms with Gasteiger partial charge in [0.25, 0.3) is 0 Å².